The van der Waals surface area contributed by atoms with Crippen LogP contribution in [-0.2, 0) is 4.74 Å². The van der Waals surface area contributed by atoms with Crippen molar-refractivity contribution in [2.45, 2.75) is 6.04 Å². The minimum Gasteiger partial charge on any atom is -0.383 e. The lowest BCUT2D eigenvalue weighted by molar-refractivity contribution is 0.0908. The first-order valence-electron chi connectivity index (χ1n) is 5.95. The van der Waals surface area contributed by atoms with Crippen LogP contribution in [-0.4, -0.2) is 36.5 Å². The van der Waals surface area contributed by atoms with Gasteiger partial charge in [-0.15, -0.1) is 11.6 Å². The molecule has 0 radical (unpaired) electrons. The van der Waals surface area contributed by atoms with E-state index in [1.807, 2.05) is 24.3 Å². The first-order valence-corrected chi connectivity index (χ1v) is 6.49. The molecule has 0 aliphatic rings. The highest BCUT2D eigenvalue weighted by Crippen LogP contribution is 2.16. The molecule has 0 saturated heterocycles. The van der Waals surface area contributed by atoms with Crippen LogP contribution in [0.1, 0.15) is 10.4 Å². The number of methoxy groups -OCH3 is 1. The summed E-state index contributed by atoms with van der Waals surface area (Å²) in [6.45, 7) is 0.387. The fourth-order valence-corrected chi connectivity index (χ4v) is 2.05. The minimum atomic E-state index is -0.203. The predicted molar refractivity (Wildman–Crippen MR) is 75.6 cm³/mol. The number of nitrogens with zero attached hydrogens (tertiary/aromatic N) is 1. The Kier molecular flexibility index (Phi) is 4.71. The Morgan fingerprint density at radius 2 is 2.21 bits per heavy atom. The first-order chi connectivity index (χ1) is 9.26. The van der Waals surface area contributed by atoms with Gasteiger partial charge in [-0.05, 0) is 12.1 Å². The summed E-state index contributed by atoms with van der Waals surface area (Å²) in [5.41, 5.74) is 1.39. The molecule has 19 heavy (non-hydrogen) atoms. The number of carbonyl (C=O) groups is 1. The molecule has 1 N–H and O–H groups in total. The van der Waals surface area contributed by atoms with E-state index in [0.29, 0.717) is 18.1 Å². The third-order valence-electron chi connectivity index (χ3n) is 2.78. The van der Waals surface area contributed by atoms with Gasteiger partial charge in [-0.3, -0.25) is 9.78 Å². The van der Waals surface area contributed by atoms with Crippen LogP contribution in [0.2, 0.25) is 0 Å². The molecule has 1 amide bonds. The largest absolute Gasteiger partial charge is 0.383 e. The van der Waals surface area contributed by atoms with Crippen LogP contribution in [0.25, 0.3) is 10.9 Å². The average molecular weight is 279 g/mol. The zero-order chi connectivity index (χ0) is 13.7. The Balaban J connectivity index is 2.26. The molecule has 0 aliphatic carbocycles. The summed E-state index contributed by atoms with van der Waals surface area (Å²) in [5.74, 6) is 0.143. The molecule has 5 heteroatoms. The Hall–Kier alpha value is -1.65. The van der Waals surface area contributed by atoms with Crippen molar-refractivity contribution in [2.24, 2.45) is 0 Å². The highest BCUT2D eigenvalue weighted by molar-refractivity contribution is 6.18. The van der Waals surface area contributed by atoms with E-state index in [2.05, 4.69) is 10.3 Å². The first kappa shape index (κ1) is 13.8. The predicted octanol–water partition coefficient (Wildman–Crippen LogP) is 2.22. The molecule has 2 rings (SSSR count). The van der Waals surface area contributed by atoms with E-state index in [9.17, 15) is 4.79 Å². The fraction of sp³-hybridized carbons (Fsp3) is 0.286. The van der Waals surface area contributed by atoms with Crippen molar-refractivity contribution in [1.29, 1.82) is 0 Å². The molecule has 0 fully saturated rings. The molecule has 0 spiro atoms. The van der Waals surface area contributed by atoms with E-state index in [1.54, 1.807) is 19.4 Å². The molecule has 0 saturated carbocycles. The maximum absolute atomic E-state index is 12.2. The quantitative estimate of drug-likeness (QED) is 0.853. The summed E-state index contributed by atoms with van der Waals surface area (Å²) in [6, 6.07) is 9.03. The van der Waals surface area contributed by atoms with E-state index in [-0.39, 0.29) is 11.9 Å². The number of fused-ring (bicyclic) bond motifs is 1. The van der Waals surface area contributed by atoms with Crippen molar-refractivity contribution in [1.82, 2.24) is 10.3 Å². The topological polar surface area (TPSA) is 51.2 Å². The molecule has 1 heterocycles. The van der Waals surface area contributed by atoms with Gasteiger partial charge in [0.05, 0.1) is 23.7 Å². The van der Waals surface area contributed by atoms with Gasteiger partial charge in [0, 0.05) is 24.6 Å². The second kappa shape index (κ2) is 6.50. The standard InChI is InChI=1S/C14H15ClN2O2/c1-19-9-10(8-15)17-14(18)12-6-7-16-13-5-3-2-4-11(12)13/h2-7,10H,8-9H2,1H3,(H,17,18). The van der Waals surface area contributed by atoms with Crippen molar-refractivity contribution in [3.05, 3.63) is 42.1 Å². The van der Waals surface area contributed by atoms with Gasteiger partial charge in [-0.1, -0.05) is 18.2 Å². The lowest BCUT2D eigenvalue weighted by atomic mass is 10.1. The van der Waals surface area contributed by atoms with Gasteiger partial charge in [0.2, 0.25) is 0 Å². The lowest BCUT2D eigenvalue weighted by Gasteiger charge is -2.15. The van der Waals surface area contributed by atoms with E-state index < -0.39 is 0 Å². The number of benzene rings is 1. The van der Waals surface area contributed by atoms with Crippen molar-refractivity contribution in [3.8, 4) is 0 Å². The Labute approximate surface area is 116 Å². The van der Waals surface area contributed by atoms with Crippen LogP contribution >= 0.6 is 11.6 Å². The van der Waals surface area contributed by atoms with Crippen LogP contribution in [0.3, 0.4) is 0 Å². The SMILES string of the molecule is COCC(CCl)NC(=O)c1ccnc2ccccc12. The molecule has 1 aromatic heterocycles. The molecule has 1 atom stereocenters. The second-order valence-electron chi connectivity index (χ2n) is 4.16. The smallest absolute Gasteiger partial charge is 0.252 e. The number of amides is 1. The maximum atomic E-state index is 12.2. The summed E-state index contributed by atoms with van der Waals surface area (Å²) in [4.78, 5) is 16.5. The number of pyridine rings is 1. The van der Waals surface area contributed by atoms with E-state index in [4.69, 9.17) is 16.3 Å². The van der Waals surface area contributed by atoms with Gasteiger partial charge in [-0.2, -0.15) is 0 Å². The zero-order valence-corrected chi connectivity index (χ0v) is 11.4. The van der Waals surface area contributed by atoms with Gasteiger partial charge in [0.1, 0.15) is 0 Å². The number of halogens is 1. The number of alkyl halides is 1. The van der Waals surface area contributed by atoms with Gasteiger partial charge in [-0.25, -0.2) is 0 Å². The van der Waals surface area contributed by atoms with Crippen LogP contribution in [0.4, 0.5) is 0 Å². The highest BCUT2D eigenvalue weighted by atomic mass is 35.5. The van der Waals surface area contributed by atoms with Gasteiger partial charge >= 0.3 is 0 Å². The number of nitrogens with one attached hydrogen (secondary N) is 1. The number of aromatic nitrogens is 1. The van der Waals surface area contributed by atoms with Gasteiger partial charge in [0.25, 0.3) is 5.91 Å². The van der Waals surface area contributed by atoms with Crippen molar-refractivity contribution < 1.29 is 9.53 Å². The van der Waals surface area contributed by atoms with E-state index >= 15 is 0 Å². The number of hydrogen-bond donors (Lipinski definition) is 1. The number of rotatable bonds is 5. The van der Waals surface area contributed by atoms with Crippen LogP contribution in [0.5, 0.6) is 0 Å². The molecule has 1 aromatic carbocycles. The summed E-state index contributed by atoms with van der Waals surface area (Å²) >= 11 is 5.79. The zero-order valence-electron chi connectivity index (χ0n) is 10.6. The maximum Gasteiger partial charge on any atom is 0.252 e. The molecular weight excluding hydrogens is 264 g/mol. The van der Waals surface area contributed by atoms with Crippen molar-refractivity contribution in [3.63, 3.8) is 0 Å². The summed E-state index contributed by atoms with van der Waals surface area (Å²) in [7, 11) is 1.58. The van der Waals surface area contributed by atoms with Crippen LogP contribution in [0.15, 0.2) is 36.5 Å². The molecule has 0 bridgehead atoms. The number of carbonyl (C=O) groups excluding carboxylic acids is 1. The van der Waals surface area contributed by atoms with Gasteiger partial charge < -0.3 is 10.1 Å². The third kappa shape index (κ3) is 3.22. The Morgan fingerprint density at radius 3 is 2.95 bits per heavy atom. The summed E-state index contributed by atoms with van der Waals surface area (Å²) < 4.78 is 5.01. The average Bonchev–Trinajstić information content (AvgIpc) is 2.46. The molecular formula is C14H15ClN2O2. The lowest BCUT2D eigenvalue weighted by Crippen LogP contribution is -2.39. The Morgan fingerprint density at radius 1 is 1.42 bits per heavy atom. The molecule has 100 valence electrons. The van der Waals surface area contributed by atoms with Crippen molar-refractivity contribution >= 4 is 28.4 Å². The van der Waals surface area contributed by atoms with Crippen LogP contribution in [0, 0.1) is 0 Å². The minimum absolute atomic E-state index is 0.165. The second-order valence-corrected chi connectivity index (χ2v) is 4.46. The van der Waals surface area contributed by atoms with Crippen molar-refractivity contribution in [2.75, 3.05) is 19.6 Å². The molecule has 2 aromatic rings. The van der Waals surface area contributed by atoms with E-state index in [1.165, 1.54) is 0 Å². The van der Waals surface area contributed by atoms with E-state index in [0.717, 1.165) is 10.9 Å². The number of ether oxygens (including phenoxy) is 1. The molecule has 4 nitrogen and oxygen atoms in total. The fourth-order valence-electron chi connectivity index (χ4n) is 1.88. The third-order valence-corrected chi connectivity index (χ3v) is 3.16. The highest BCUT2D eigenvalue weighted by Gasteiger charge is 2.15. The van der Waals surface area contributed by atoms with Crippen LogP contribution < -0.4 is 5.32 Å². The Bertz CT molecular complexity index is 569. The van der Waals surface area contributed by atoms with Gasteiger partial charge in [0.15, 0.2) is 0 Å². The summed E-state index contributed by atoms with van der Waals surface area (Å²) in [5, 5.41) is 3.68. The monoisotopic (exact) mass is 278 g/mol. The summed E-state index contributed by atoms with van der Waals surface area (Å²) in [6.07, 6.45) is 1.63. The number of hydrogen-bond acceptors (Lipinski definition) is 3. The number of para-hydroxylation sites is 1. The molecule has 0 aliphatic heterocycles. The normalized spacial score (nSPS) is 12.3. The molecule has 1 unspecified atom stereocenters.